The summed E-state index contributed by atoms with van der Waals surface area (Å²) in [7, 11) is 0. The van der Waals surface area contributed by atoms with Gasteiger partial charge in [0.15, 0.2) is 6.29 Å². The van der Waals surface area contributed by atoms with E-state index in [1.54, 1.807) is 0 Å². The van der Waals surface area contributed by atoms with E-state index in [0.29, 0.717) is 5.69 Å². The molecule has 2 aromatic rings. The highest BCUT2D eigenvalue weighted by Gasteiger charge is 2.23. The molecule has 17 heavy (non-hydrogen) atoms. The van der Waals surface area contributed by atoms with Gasteiger partial charge in [-0.3, -0.25) is 9.48 Å². The van der Waals surface area contributed by atoms with Gasteiger partial charge in [-0.05, 0) is 24.8 Å². The van der Waals surface area contributed by atoms with Crippen LogP contribution in [0.5, 0.6) is 0 Å². The fourth-order valence-electron chi connectivity index (χ4n) is 1.97. The summed E-state index contributed by atoms with van der Waals surface area (Å²) in [5, 5.41) is 4.52. The van der Waals surface area contributed by atoms with Crippen molar-refractivity contribution in [1.82, 2.24) is 9.78 Å². The fourth-order valence-corrected chi connectivity index (χ4v) is 1.97. The van der Waals surface area contributed by atoms with Crippen LogP contribution in [0.2, 0.25) is 0 Å². The van der Waals surface area contributed by atoms with Gasteiger partial charge in [0.2, 0.25) is 0 Å². The van der Waals surface area contributed by atoms with Crippen molar-refractivity contribution < 1.29 is 4.79 Å². The van der Waals surface area contributed by atoms with Crippen LogP contribution in [0.3, 0.4) is 0 Å². The van der Waals surface area contributed by atoms with Crippen LogP contribution in [0, 0.1) is 5.92 Å². The number of hydrogen-bond acceptors (Lipinski definition) is 2. The van der Waals surface area contributed by atoms with E-state index in [2.05, 4.69) is 5.10 Å². The molecular weight excluding hydrogens is 212 g/mol. The van der Waals surface area contributed by atoms with E-state index in [0.717, 1.165) is 30.0 Å². The van der Waals surface area contributed by atoms with E-state index in [4.69, 9.17) is 0 Å². The summed E-state index contributed by atoms with van der Waals surface area (Å²) in [4.78, 5) is 11.0. The van der Waals surface area contributed by atoms with Gasteiger partial charge in [0.05, 0.1) is 5.69 Å². The van der Waals surface area contributed by atoms with Gasteiger partial charge < -0.3 is 0 Å². The third kappa shape index (κ3) is 2.13. The maximum Gasteiger partial charge on any atom is 0.168 e. The van der Waals surface area contributed by atoms with Crippen molar-refractivity contribution in [3.8, 4) is 11.3 Å². The molecule has 3 nitrogen and oxygen atoms in total. The summed E-state index contributed by atoms with van der Waals surface area (Å²) < 4.78 is 1.84. The maximum atomic E-state index is 11.0. The van der Waals surface area contributed by atoms with Crippen molar-refractivity contribution in [1.29, 1.82) is 0 Å². The molecule has 0 unspecified atom stereocenters. The lowest BCUT2D eigenvalue weighted by molar-refractivity contribution is 0.111. The standard InChI is InChI=1S/C14H14N2O/c17-10-13-8-14(12-4-2-1-3-5-12)15-16(13)9-11-6-7-11/h1-5,8,10-11H,6-7,9H2. The average Bonchev–Trinajstić information content (AvgIpc) is 3.09. The van der Waals surface area contributed by atoms with Crippen LogP contribution in [0.25, 0.3) is 11.3 Å². The van der Waals surface area contributed by atoms with Gasteiger partial charge in [0.25, 0.3) is 0 Å². The second kappa shape index (κ2) is 4.17. The first-order chi connectivity index (χ1) is 8.36. The third-order valence-corrected chi connectivity index (χ3v) is 3.13. The molecule has 1 aliphatic rings. The first-order valence-electron chi connectivity index (χ1n) is 5.95. The number of rotatable bonds is 4. The average molecular weight is 226 g/mol. The number of carbonyl (C=O) groups is 1. The number of benzene rings is 1. The lowest BCUT2D eigenvalue weighted by Gasteiger charge is -2.00. The Morgan fingerprint density at radius 2 is 2.06 bits per heavy atom. The second-order valence-corrected chi connectivity index (χ2v) is 4.56. The van der Waals surface area contributed by atoms with Gasteiger partial charge in [0.1, 0.15) is 5.69 Å². The zero-order chi connectivity index (χ0) is 11.7. The fraction of sp³-hybridized carbons (Fsp3) is 0.286. The van der Waals surface area contributed by atoms with Crippen molar-refractivity contribution in [2.75, 3.05) is 0 Å². The minimum Gasteiger partial charge on any atom is -0.296 e. The summed E-state index contributed by atoms with van der Waals surface area (Å²) in [5.41, 5.74) is 2.62. The summed E-state index contributed by atoms with van der Waals surface area (Å²) in [6.07, 6.45) is 3.42. The van der Waals surface area contributed by atoms with Crippen LogP contribution in [0.4, 0.5) is 0 Å². The Kier molecular flexibility index (Phi) is 2.52. The Bertz CT molecular complexity index is 526. The van der Waals surface area contributed by atoms with E-state index < -0.39 is 0 Å². The van der Waals surface area contributed by atoms with Crippen molar-refractivity contribution in [3.63, 3.8) is 0 Å². The van der Waals surface area contributed by atoms with E-state index in [1.165, 1.54) is 12.8 Å². The second-order valence-electron chi connectivity index (χ2n) is 4.56. The van der Waals surface area contributed by atoms with Gasteiger partial charge in [0, 0.05) is 12.1 Å². The summed E-state index contributed by atoms with van der Waals surface area (Å²) >= 11 is 0. The molecule has 0 aliphatic heterocycles. The molecular formula is C14H14N2O. The minimum absolute atomic E-state index is 0.677. The van der Waals surface area contributed by atoms with E-state index in [-0.39, 0.29) is 0 Å². The van der Waals surface area contributed by atoms with Crippen molar-refractivity contribution in [3.05, 3.63) is 42.1 Å². The minimum atomic E-state index is 0.677. The normalized spacial score (nSPS) is 14.8. The molecule has 1 heterocycles. The highest BCUT2D eigenvalue weighted by molar-refractivity contribution is 5.75. The SMILES string of the molecule is O=Cc1cc(-c2ccccc2)nn1CC1CC1. The van der Waals surface area contributed by atoms with E-state index >= 15 is 0 Å². The summed E-state index contributed by atoms with van der Waals surface area (Å²) in [5.74, 6) is 0.720. The maximum absolute atomic E-state index is 11.0. The Hall–Kier alpha value is -1.90. The monoisotopic (exact) mass is 226 g/mol. The molecule has 0 saturated heterocycles. The third-order valence-electron chi connectivity index (χ3n) is 3.13. The molecule has 0 spiro atoms. The summed E-state index contributed by atoms with van der Waals surface area (Å²) in [6.45, 7) is 0.876. The molecule has 0 radical (unpaired) electrons. The van der Waals surface area contributed by atoms with Crippen molar-refractivity contribution in [2.24, 2.45) is 5.92 Å². The van der Waals surface area contributed by atoms with Gasteiger partial charge in [-0.1, -0.05) is 30.3 Å². The van der Waals surface area contributed by atoms with Crippen LogP contribution < -0.4 is 0 Å². The van der Waals surface area contributed by atoms with Crippen LogP contribution in [-0.2, 0) is 6.54 Å². The number of aldehydes is 1. The van der Waals surface area contributed by atoms with Crippen LogP contribution in [0.15, 0.2) is 36.4 Å². The van der Waals surface area contributed by atoms with Gasteiger partial charge in [-0.2, -0.15) is 5.10 Å². The Morgan fingerprint density at radius 3 is 2.71 bits per heavy atom. The molecule has 1 aliphatic carbocycles. The first-order valence-corrected chi connectivity index (χ1v) is 5.95. The number of hydrogen-bond donors (Lipinski definition) is 0. The van der Waals surface area contributed by atoms with Crippen LogP contribution in [-0.4, -0.2) is 16.1 Å². The summed E-state index contributed by atoms with van der Waals surface area (Å²) in [6, 6.07) is 11.8. The molecule has 1 aromatic heterocycles. The molecule has 86 valence electrons. The molecule has 1 saturated carbocycles. The van der Waals surface area contributed by atoms with Gasteiger partial charge in [-0.15, -0.1) is 0 Å². The van der Waals surface area contributed by atoms with Crippen LogP contribution in [0.1, 0.15) is 23.3 Å². The molecule has 0 bridgehead atoms. The van der Waals surface area contributed by atoms with E-state index in [1.807, 2.05) is 41.1 Å². The zero-order valence-electron chi connectivity index (χ0n) is 9.54. The molecule has 3 heteroatoms. The van der Waals surface area contributed by atoms with Gasteiger partial charge in [-0.25, -0.2) is 0 Å². The smallest absolute Gasteiger partial charge is 0.168 e. The lowest BCUT2D eigenvalue weighted by Crippen LogP contribution is -2.05. The highest BCUT2D eigenvalue weighted by Crippen LogP contribution is 2.31. The number of nitrogens with zero attached hydrogens (tertiary/aromatic N) is 2. The molecule has 0 atom stereocenters. The topological polar surface area (TPSA) is 34.9 Å². The predicted octanol–water partition coefficient (Wildman–Crippen LogP) is 2.77. The zero-order valence-corrected chi connectivity index (χ0v) is 9.54. The van der Waals surface area contributed by atoms with Gasteiger partial charge >= 0.3 is 0 Å². The lowest BCUT2D eigenvalue weighted by atomic mass is 10.1. The number of aromatic nitrogens is 2. The Labute approximate surface area is 100 Å². The molecule has 1 fully saturated rings. The molecule has 0 N–H and O–H groups in total. The Balaban J connectivity index is 1.95. The largest absolute Gasteiger partial charge is 0.296 e. The molecule has 3 rings (SSSR count). The number of carbonyl (C=O) groups excluding carboxylic acids is 1. The molecule has 1 aromatic carbocycles. The molecule has 0 amide bonds. The Morgan fingerprint density at radius 1 is 1.29 bits per heavy atom. The van der Waals surface area contributed by atoms with Crippen LogP contribution >= 0.6 is 0 Å². The predicted molar refractivity (Wildman–Crippen MR) is 65.8 cm³/mol. The van der Waals surface area contributed by atoms with E-state index in [9.17, 15) is 4.79 Å². The van der Waals surface area contributed by atoms with Crippen molar-refractivity contribution in [2.45, 2.75) is 19.4 Å². The van der Waals surface area contributed by atoms with Crippen molar-refractivity contribution >= 4 is 6.29 Å². The quantitative estimate of drug-likeness (QED) is 0.751. The first kappa shape index (κ1) is 10.3. The highest BCUT2D eigenvalue weighted by atomic mass is 16.1.